The second-order valence-electron chi connectivity index (χ2n) is 4.67. The number of benzene rings is 2. The molecule has 0 saturated carbocycles. The van der Waals surface area contributed by atoms with E-state index >= 15 is 0 Å². The van der Waals surface area contributed by atoms with Gasteiger partial charge in [0.2, 0.25) is 5.95 Å². The summed E-state index contributed by atoms with van der Waals surface area (Å²) in [5.41, 5.74) is 6.69. The summed E-state index contributed by atoms with van der Waals surface area (Å²) in [6.45, 7) is 0. The molecule has 4 rings (SSSR count). The molecule has 0 aliphatic heterocycles. The third kappa shape index (κ3) is 1.77. The van der Waals surface area contributed by atoms with Gasteiger partial charge in [0.25, 0.3) is 5.56 Å². The van der Waals surface area contributed by atoms with Crippen molar-refractivity contribution in [3.8, 4) is 5.69 Å². The van der Waals surface area contributed by atoms with Gasteiger partial charge in [-0.1, -0.05) is 30.3 Å². The number of anilines is 1. The second kappa shape index (κ2) is 4.17. The van der Waals surface area contributed by atoms with E-state index in [9.17, 15) is 4.79 Å². The molecule has 4 aromatic rings. The lowest BCUT2D eigenvalue weighted by atomic mass is 10.1. The molecule has 2 heterocycles. The first-order valence-corrected chi connectivity index (χ1v) is 6.37. The van der Waals surface area contributed by atoms with Gasteiger partial charge in [0, 0.05) is 6.07 Å². The van der Waals surface area contributed by atoms with Gasteiger partial charge in [-0.05, 0) is 16.8 Å². The standard InChI is InChI=1S/C15H10N5O/c16-15-18-13-12(14(21)19-15)17-8-20(13)11-6-5-9-3-1-2-4-10(9)7-11/h1-6,8H,(H3,16,18,19,21). The molecule has 1 radical (unpaired) electrons. The van der Waals surface area contributed by atoms with Crippen molar-refractivity contribution in [1.82, 2.24) is 19.5 Å². The molecule has 2 aromatic carbocycles. The average Bonchev–Trinajstić information content (AvgIpc) is 2.91. The summed E-state index contributed by atoms with van der Waals surface area (Å²) in [5.74, 6) is 0.0649. The molecular formula is C15H10N5O. The molecule has 0 saturated heterocycles. The highest BCUT2D eigenvalue weighted by Gasteiger charge is 2.10. The van der Waals surface area contributed by atoms with E-state index in [1.54, 1.807) is 10.9 Å². The van der Waals surface area contributed by atoms with Crippen molar-refractivity contribution >= 4 is 27.9 Å². The number of imidazole rings is 1. The molecule has 6 heteroatoms. The minimum Gasteiger partial charge on any atom is -0.369 e. The van der Waals surface area contributed by atoms with E-state index in [4.69, 9.17) is 5.73 Å². The molecule has 0 unspecified atom stereocenters. The van der Waals surface area contributed by atoms with Crippen molar-refractivity contribution in [2.24, 2.45) is 0 Å². The van der Waals surface area contributed by atoms with Crippen LogP contribution in [0.4, 0.5) is 5.95 Å². The topological polar surface area (TPSA) is 89.6 Å². The number of fused-ring (bicyclic) bond motifs is 2. The van der Waals surface area contributed by atoms with Crippen LogP contribution >= 0.6 is 0 Å². The van der Waals surface area contributed by atoms with Gasteiger partial charge in [0.15, 0.2) is 11.2 Å². The quantitative estimate of drug-likeness (QED) is 0.553. The minimum atomic E-state index is -0.350. The van der Waals surface area contributed by atoms with E-state index in [0.717, 1.165) is 16.5 Å². The molecule has 0 atom stereocenters. The molecule has 0 aliphatic carbocycles. The highest BCUT2D eigenvalue weighted by molar-refractivity contribution is 5.84. The maximum absolute atomic E-state index is 11.8. The predicted molar refractivity (Wildman–Crippen MR) is 80.2 cm³/mol. The lowest BCUT2D eigenvalue weighted by molar-refractivity contribution is 1.06. The molecule has 0 amide bonds. The van der Waals surface area contributed by atoms with Crippen LogP contribution < -0.4 is 11.3 Å². The van der Waals surface area contributed by atoms with E-state index in [2.05, 4.69) is 21.0 Å². The van der Waals surface area contributed by atoms with Gasteiger partial charge in [-0.25, -0.2) is 4.98 Å². The Kier molecular flexibility index (Phi) is 2.32. The molecule has 6 nitrogen and oxygen atoms in total. The number of H-pyrrole nitrogens is 1. The third-order valence-electron chi connectivity index (χ3n) is 3.33. The second-order valence-corrected chi connectivity index (χ2v) is 4.67. The minimum absolute atomic E-state index is 0.0649. The number of aromatic nitrogens is 4. The van der Waals surface area contributed by atoms with Gasteiger partial charge in [-0.15, -0.1) is 0 Å². The highest BCUT2D eigenvalue weighted by Crippen LogP contribution is 2.20. The first-order valence-electron chi connectivity index (χ1n) is 6.37. The highest BCUT2D eigenvalue weighted by atomic mass is 16.1. The number of nitrogens with two attached hydrogens (primary N) is 1. The van der Waals surface area contributed by atoms with E-state index in [1.165, 1.54) is 0 Å². The fourth-order valence-corrected chi connectivity index (χ4v) is 2.35. The first-order chi connectivity index (χ1) is 10.2. The Morgan fingerprint density at radius 2 is 2.05 bits per heavy atom. The van der Waals surface area contributed by atoms with Crippen molar-refractivity contribution < 1.29 is 0 Å². The summed E-state index contributed by atoms with van der Waals surface area (Å²) in [4.78, 5) is 22.5. The Morgan fingerprint density at radius 3 is 2.95 bits per heavy atom. The van der Waals surface area contributed by atoms with E-state index in [0.29, 0.717) is 5.65 Å². The van der Waals surface area contributed by atoms with Gasteiger partial charge in [-0.3, -0.25) is 14.3 Å². The molecule has 101 valence electrons. The normalized spacial score (nSPS) is 11.2. The number of nitrogen functional groups attached to an aromatic ring is 1. The van der Waals surface area contributed by atoms with Crippen molar-refractivity contribution in [3.05, 3.63) is 59.1 Å². The summed E-state index contributed by atoms with van der Waals surface area (Å²) >= 11 is 0. The van der Waals surface area contributed by atoms with Crippen molar-refractivity contribution in [3.63, 3.8) is 0 Å². The zero-order chi connectivity index (χ0) is 14.4. The third-order valence-corrected chi connectivity index (χ3v) is 3.33. The zero-order valence-corrected chi connectivity index (χ0v) is 10.9. The molecule has 2 aromatic heterocycles. The van der Waals surface area contributed by atoms with Crippen molar-refractivity contribution in [1.29, 1.82) is 0 Å². The van der Waals surface area contributed by atoms with Crippen LogP contribution in [0.2, 0.25) is 0 Å². The van der Waals surface area contributed by atoms with Gasteiger partial charge in [0.1, 0.15) is 6.33 Å². The van der Waals surface area contributed by atoms with E-state index < -0.39 is 0 Å². The Balaban J connectivity index is 2.02. The van der Waals surface area contributed by atoms with Gasteiger partial charge in [0.05, 0.1) is 5.69 Å². The molecule has 0 spiro atoms. The van der Waals surface area contributed by atoms with Crippen LogP contribution in [0.1, 0.15) is 0 Å². The van der Waals surface area contributed by atoms with Crippen LogP contribution in [0, 0.1) is 6.07 Å². The largest absolute Gasteiger partial charge is 0.369 e. The Labute approximate surface area is 118 Å². The van der Waals surface area contributed by atoms with Crippen LogP contribution in [0.3, 0.4) is 0 Å². The molecule has 0 fully saturated rings. The number of aromatic amines is 1. The van der Waals surface area contributed by atoms with E-state index in [1.807, 2.05) is 36.4 Å². The molecular weight excluding hydrogens is 266 g/mol. The summed E-state index contributed by atoms with van der Waals surface area (Å²) in [7, 11) is 0. The number of hydrogen-bond donors (Lipinski definition) is 2. The monoisotopic (exact) mass is 276 g/mol. The fourth-order valence-electron chi connectivity index (χ4n) is 2.35. The number of rotatable bonds is 1. The number of hydrogen-bond acceptors (Lipinski definition) is 4. The van der Waals surface area contributed by atoms with Crippen LogP contribution in [0.15, 0.2) is 47.5 Å². The van der Waals surface area contributed by atoms with Crippen LogP contribution in [0.25, 0.3) is 27.6 Å². The molecule has 0 bridgehead atoms. The first kappa shape index (κ1) is 11.7. The van der Waals surface area contributed by atoms with E-state index in [-0.39, 0.29) is 17.0 Å². The van der Waals surface area contributed by atoms with Crippen LogP contribution in [0.5, 0.6) is 0 Å². The average molecular weight is 276 g/mol. The Hall–Kier alpha value is -3.15. The van der Waals surface area contributed by atoms with Crippen LogP contribution in [-0.2, 0) is 0 Å². The van der Waals surface area contributed by atoms with Gasteiger partial charge in [-0.2, -0.15) is 4.98 Å². The van der Waals surface area contributed by atoms with Gasteiger partial charge < -0.3 is 5.73 Å². The Morgan fingerprint density at radius 1 is 1.19 bits per heavy atom. The van der Waals surface area contributed by atoms with Crippen LogP contribution in [-0.4, -0.2) is 19.5 Å². The summed E-state index contributed by atoms with van der Waals surface area (Å²) < 4.78 is 1.70. The maximum Gasteiger partial charge on any atom is 0.280 e. The summed E-state index contributed by atoms with van der Waals surface area (Å²) in [6.07, 6.45) is 1.55. The SMILES string of the molecule is Nc1nc2c(ncn2-c2[c]c3ccccc3cc2)c(=O)[nH]1. The lowest BCUT2D eigenvalue weighted by Crippen LogP contribution is -2.12. The lowest BCUT2D eigenvalue weighted by Gasteiger charge is -2.05. The summed E-state index contributed by atoms with van der Waals surface area (Å²) in [6, 6.07) is 15.1. The zero-order valence-electron chi connectivity index (χ0n) is 10.9. The molecule has 3 N–H and O–H groups in total. The smallest absolute Gasteiger partial charge is 0.280 e. The Bertz CT molecular complexity index is 1030. The molecule has 0 aliphatic rings. The maximum atomic E-state index is 11.8. The van der Waals surface area contributed by atoms with Crippen molar-refractivity contribution in [2.45, 2.75) is 0 Å². The number of nitrogens with zero attached hydrogens (tertiary/aromatic N) is 3. The summed E-state index contributed by atoms with van der Waals surface area (Å²) in [5, 5.41) is 2.07. The fraction of sp³-hybridized carbons (Fsp3) is 0. The van der Waals surface area contributed by atoms with Crippen molar-refractivity contribution in [2.75, 3.05) is 5.73 Å². The number of nitrogens with one attached hydrogen (secondary N) is 1. The molecule has 21 heavy (non-hydrogen) atoms. The predicted octanol–water partition coefficient (Wildman–Crippen LogP) is 1.64. The van der Waals surface area contributed by atoms with Gasteiger partial charge >= 0.3 is 0 Å².